The van der Waals surface area contributed by atoms with Gasteiger partial charge in [-0.3, -0.25) is 0 Å². The molecule has 0 saturated heterocycles. The molecule has 0 spiro atoms. The largest absolute Gasteiger partial charge is 0.349 e. The van der Waals surface area contributed by atoms with Gasteiger partial charge in [0.15, 0.2) is 5.82 Å². The summed E-state index contributed by atoms with van der Waals surface area (Å²) in [6.07, 6.45) is 1.79. The molecule has 4 nitrogen and oxygen atoms in total. The lowest BCUT2D eigenvalue weighted by molar-refractivity contribution is 0.769. The van der Waals surface area contributed by atoms with E-state index in [9.17, 15) is 0 Å². The molecule has 2 aromatic carbocycles. The number of aromatic nitrogens is 2. The standard InChI is InChI=1S/C17H18N4/c18-10-11-21(13-14-6-2-1-3-7-14)17-16-9-5-4-8-15(16)12-19-20-17/h1-9,12H,10-11,13,18H2. The lowest BCUT2D eigenvalue weighted by Crippen LogP contribution is -2.30. The molecule has 3 aromatic rings. The number of rotatable bonds is 5. The Balaban J connectivity index is 1.99. The lowest BCUT2D eigenvalue weighted by atomic mass is 10.1. The topological polar surface area (TPSA) is 55.0 Å². The van der Waals surface area contributed by atoms with Crippen molar-refractivity contribution in [1.82, 2.24) is 10.2 Å². The van der Waals surface area contributed by atoms with Crippen LogP contribution in [0, 0.1) is 0 Å². The summed E-state index contributed by atoms with van der Waals surface area (Å²) >= 11 is 0. The molecule has 21 heavy (non-hydrogen) atoms. The molecule has 0 amide bonds. The van der Waals surface area contributed by atoms with Crippen LogP contribution in [-0.2, 0) is 6.54 Å². The average Bonchev–Trinajstić information content (AvgIpc) is 2.55. The van der Waals surface area contributed by atoms with Crippen molar-refractivity contribution in [3.05, 3.63) is 66.4 Å². The third kappa shape index (κ3) is 3.01. The molecule has 0 aliphatic heterocycles. The molecule has 1 heterocycles. The van der Waals surface area contributed by atoms with Crippen molar-refractivity contribution in [1.29, 1.82) is 0 Å². The van der Waals surface area contributed by atoms with Crippen LogP contribution in [0.4, 0.5) is 5.82 Å². The molecule has 1 aromatic heterocycles. The number of nitrogens with zero attached hydrogens (tertiary/aromatic N) is 3. The van der Waals surface area contributed by atoms with Crippen LogP contribution in [0.5, 0.6) is 0 Å². The highest BCUT2D eigenvalue weighted by molar-refractivity contribution is 5.91. The van der Waals surface area contributed by atoms with Gasteiger partial charge in [0, 0.05) is 30.4 Å². The maximum atomic E-state index is 5.77. The smallest absolute Gasteiger partial charge is 0.159 e. The SMILES string of the molecule is NCCN(Cc1ccccc1)c1nncc2ccccc12. The number of anilines is 1. The van der Waals surface area contributed by atoms with E-state index in [1.165, 1.54) is 5.56 Å². The molecule has 106 valence electrons. The van der Waals surface area contributed by atoms with E-state index in [-0.39, 0.29) is 0 Å². The van der Waals surface area contributed by atoms with E-state index in [0.29, 0.717) is 6.54 Å². The molecule has 0 unspecified atom stereocenters. The molecule has 0 aliphatic carbocycles. The highest BCUT2D eigenvalue weighted by Crippen LogP contribution is 2.24. The molecule has 3 rings (SSSR count). The minimum Gasteiger partial charge on any atom is -0.349 e. The molecule has 0 saturated carbocycles. The van der Waals surface area contributed by atoms with Gasteiger partial charge in [0.25, 0.3) is 0 Å². The summed E-state index contributed by atoms with van der Waals surface area (Å²) < 4.78 is 0. The van der Waals surface area contributed by atoms with Gasteiger partial charge >= 0.3 is 0 Å². The molecule has 0 aliphatic rings. The second kappa shape index (κ2) is 6.33. The van der Waals surface area contributed by atoms with E-state index >= 15 is 0 Å². The Morgan fingerprint density at radius 3 is 2.52 bits per heavy atom. The monoisotopic (exact) mass is 278 g/mol. The van der Waals surface area contributed by atoms with Crippen molar-refractivity contribution in [2.24, 2.45) is 5.73 Å². The minimum atomic E-state index is 0.581. The third-order valence-corrected chi connectivity index (χ3v) is 3.47. The molecule has 4 heteroatoms. The minimum absolute atomic E-state index is 0.581. The number of fused-ring (bicyclic) bond motifs is 1. The number of nitrogens with two attached hydrogens (primary N) is 1. The zero-order chi connectivity index (χ0) is 14.5. The highest BCUT2D eigenvalue weighted by atomic mass is 15.3. The van der Waals surface area contributed by atoms with Crippen molar-refractivity contribution >= 4 is 16.6 Å². The Morgan fingerprint density at radius 1 is 0.952 bits per heavy atom. The van der Waals surface area contributed by atoms with E-state index in [4.69, 9.17) is 5.73 Å². The molecular weight excluding hydrogens is 260 g/mol. The summed E-state index contributed by atoms with van der Waals surface area (Å²) in [5.41, 5.74) is 7.01. The fourth-order valence-corrected chi connectivity index (χ4v) is 2.47. The van der Waals surface area contributed by atoms with E-state index in [0.717, 1.165) is 29.7 Å². The van der Waals surface area contributed by atoms with Crippen molar-refractivity contribution in [3.8, 4) is 0 Å². The predicted octanol–water partition coefficient (Wildman–Crippen LogP) is 2.60. The average molecular weight is 278 g/mol. The van der Waals surface area contributed by atoms with E-state index in [1.807, 2.05) is 30.3 Å². The second-order valence-electron chi connectivity index (χ2n) is 4.95. The Labute approximate surface area is 124 Å². The van der Waals surface area contributed by atoms with Gasteiger partial charge in [-0.15, -0.1) is 5.10 Å². The predicted molar refractivity (Wildman–Crippen MR) is 86.1 cm³/mol. The van der Waals surface area contributed by atoms with Crippen molar-refractivity contribution in [3.63, 3.8) is 0 Å². The summed E-state index contributed by atoms with van der Waals surface area (Å²) in [4.78, 5) is 2.19. The fraction of sp³-hybridized carbons (Fsp3) is 0.176. The van der Waals surface area contributed by atoms with E-state index in [2.05, 4.69) is 39.4 Å². The van der Waals surface area contributed by atoms with Crippen LogP contribution in [0.15, 0.2) is 60.8 Å². The molecular formula is C17H18N4. The van der Waals surface area contributed by atoms with Gasteiger partial charge in [-0.2, -0.15) is 5.10 Å². The van der Waals surface area contributed by atoms with Crippen LogP contribution < -0.4 is 10.6 Å². The first-order valence-corrected chi connectivity index (χ1v) is 7.08. The Bertz CT molecular complexity index is 707. The zero-order valence-electron chi connectivity index (χ0n) is 11.8. The number of benzene rings is 2. The van der Waals surface area contributed by atoms with Crippen molar-refractivity contribution in [2.45, 2.75) is 6.54 Å². The third-order valence-electron chi connectivity index (χ3n) is 3.47. The van der Waals surface area contributed by atoms with Gasteiger partial charge in [0.05, 0.1) is 6.20 Å². The van der Waals surface area contributed by atoms with Crippen LogP contribution in [0.1, 0.15) is 5.56 Å². The van der Waals surface area contributed by atoms with Crippen molar-refractivity contribution in [2.75, 3.05) is 18.0 Å². The molecule has 0 atom stereocenters. The number of hydrogen-bond acceptors (Lipinski definition) is 4. The molecule has 2 N–H and O–H groups in total. The van der Waals surface area contributed by atoms with Crippen LogP contribution in [-0.4, -0.2) is 23.3 Å². The van der Waals surface area contributed by atoms with E-state index in [1.54, 1.807) is 6.20 Å². The Hall–Kier alpha value is -2.46. The van der Waals surface area contributed by atoms with Gasteiger partial charge in [-0.1, -0.05) is 54.6 Å². The summed E-state index contributed by atoms with van der Waals surface area (Å²) in [7, 11) is 0. The van der Waals surface area contributed by atoms with Crippen LogP contribution >= 0.6 is 0 Å². The molecule has 0 radical (unpaired) electrons. The lowest BCUT2D eigenvalue weighted by Gasteiger charge is -2.24. The maximum Gasteiger partial charge on any atom is 0.159 e. The Morgan fingerprint density at radius 2 is 1.71 bits per heavy atom. The van der Waals surface area contributed by atoms with Gasteiger partial charge in [-0.25, -0.2) is 0 Å². The van der Waals surface area contributed by atoms with Gasteiger partial charge in [0.2, 0.25) is 0 Å². The highest BCUT2D eigenvalue weighted by Gasteiger charge is 2.12. The van der Waals surface area contributed by atoms with Crippen molar-refractivity contribution < 1.29 is 0 Å². The first-order valence-electron chi connectivity index (χ1n) is 7.08. The summed E-state index contributed by atoms with van der Waals surface area (Å²) in [6.45, 7) is 2.11. The normalized spacial score (nSPS) is 10.7. The first kappa shape index (κ1) is 13.5. The van der Waals surface area contributed by atoms with Crippen LogP contribution in [0.25, 0.3) is 10.8 Å². The van der Waals surface area contributed by atoms with Crippen LogP contribution in [0.3, 0.4) is 0 Å². The molecule has 0 fully saturated rings. The van der Waals surface area contributed by atoms with Crippen LogP contribution in [0.2, 0.25) is 0 Å². The fourth-order valence-electron chi connectivity index (χ4n) is 2.47. The zero-order valence-corrected chi connectivity index (χ0v) is 11.8. The van der Waals surface area contributed by atoms with Gasteiger partial charge in [0.1, 0.15) is 0 Å². The number of hydrogen-bond donors (Lipinski definition) is 1. The first-order chi connectivity index (χ1) is 10.4. The summed E-state index contributed by atoms with van der Waals surface area (Å²) in [5.74, 6) is 0.891. The quantitative estimate of drug-likeness (QED) is 0.779. The maximum absolute atomic E-state index is 5.77. The molecule has 0 bridgehead atoms. The second-order valence-corrected chi connectivity index (χ2v) is 4.95. The summed E-state index contributed by atoms with van der Waals surface area (Å²) in [5, 5.41) is 10.7. The Kier molecular flexibility index (Phi) is 4.07. The van der Waals surface area contributed by atoms with E-state index < -0.39 is 0 Å². The van der Waals surface area contributed by atoms with Gasteiger partial charge in [-0.05, 0) is 5.56 Å². The summed E-state index contributed by atoms with van der Waals surface area (Å²) in [6, 6.07) is 18.5. The van der Waals surface area contributed by atoms with Gasteiger partial charge < -0.3 is 10.6 Å².